The molecule has 4 aromatic rings. The molecule has 0 unspecified atom stereocenters. The van der Waals surface area contributed by atoms with Gasteiger partial charge < -0.3 is 19.8 Å². The highest BCUT2D eigenvalue weighted by molar-refractivity contribution is 6.13. The predicted molar refractivity (Wildman–Crippen MR) is 129 cm³/mol. The Morgan fingerprint density at radius 1 is 0.971 bits per heavy atom. The number of rotatable bonds is 7. The van der Waals surface area contributed by atoms with Crippen molar-refractivity contribution in [2.75, 3.05) is 0 Å². The summed E-state index contributed by atoms with van der Waals surface area (Å²) in [5, 5.41) is 16.6. The summed E-state index contributed by atoms with van der Waals surface area (Å²) in [4.78, 5) is 39.7. The smallest absolute Gasteiger partial charge is 0.328 e. The van der Waals surface area contributed by atoms with E-state index in [-0.39, 0.29) is 5.78 Å². The zero-order valence-corrected chi connectivity index (χ0v) is 18.9. The van der Waals surface area contributed by atoms with Crippen LogP contribution in [0.4, 0.5) is 0 Å². The molecule has 34 heavy (non-hydrogen) atoms. The first-order valence-electron chi connectivity index (χ1n) is 10.6. The maximum absolute atomic E-state index is 13.2. The fourth-order valence-corrected chi connectivity index (χ4v) is 3.75. The summed E-state index contributed by atoms with van der Waals surface area (Å²) in [6, 6.07) is 18.2. The Hall–Kier alpha value is -4.46. The minimum absolute atomic E-state index is 0.156. The third-order valence-corrected chi connectivity index (χ3v) is 5.32. The van der Waals surface area contributed by atoms with Crippen LogP contribution in [0.15, 0.2) is 73.1 Å². The molecule has 0 aliphatic rings. The topological polar surface area (TPSA) is 125 Å². The van der Waals surface area contributed by atoms with E-state index in [1.54, 1.807) is 6.33 Å². The van der Waals surface area contributed by atoms with Crippen molar-refractivity contribution in [1.82, 2.24) is 14.5 Å². The average molecular weight is 460 g/mol. The van der Waals surface area contributed by atoms with Gasteiger partial charge in [-0.25, -0.2) is 14.6 Å². The number of aromatic amines is 1. The number of carbonyl (C=O) groups excluding carboxylic acids is 1. The van der Waals surface area contributed by atoms with Crippen molar-refractivity contribution in [2.45, 2.75) is 19.8 Å². The maximum Gasteiger partial charge on any atom is 0.328 e. The highest BCUT2D eigenvalue weighted by atomic mass is 16.4. The Bertz CT molecular complexity index is 1330. The number of aliphatic carboxylic acids is 2. The minimum atomic E-state index is -1.26. The average Bonchev–Trinajstić information content (AvgIpc) is 3.37. The highest BCUT2D eigenvalue weighted by Crippen LogP contribution is 2.34. The standard InChI is InChI=1S/C22H21N3O.C4H4O4/c1-15-18(24-14-23-15)12-13-20(26)21-17-10-6-7-11-19(17)25(2)22(21)16-8-4-3-5-9-16;5-3(6)1-2-4(7)8/h3-11,14H,12-13H2,1-2H3,(H,23,24);1-2H,(H,5,6)(H,7,8). The first-order valence-corrected chi connectivity index (χ1v) is 10.6. The number of nitrogens with zero attached hydrogens (tertiary/aromatic N) is 2. The SMILES string of the molecule is Cc1[nH]cnc1CCC(=O)c1c(-c2ccccc2)n(C)c2ccccc12.O=C(O)C=CC(=O)O. The molecular formula is C26H25N3O5. The van der Waals surface area contributed by atoms with Crippen molar-refractivity contribution in [1.29, 1.82) is 0 Å². The van der Waals surface area contributed by atoms with Crippen LogP contribution in [0.3, 0.4) is 0 Å². The number of H-pyrrole nitrogens is 1. The predicted octanol–water partition coefficient (Wildman–Crippen LogP) is 4.40. The van der Waals surface area contributed by atoms with Crippen LogP contribution < -0.4 is 0 Å². The number of fused-ring (bicyclic) bond motifs is 1. The van der Waals surface area contributed by atoms with Gasteiger partial charge in [0.05, 0.1) is 23.3 Å². The zero-order chi connectivity index (χ0) is 24.7. The van der Waals surface area contributed by atoms with Crippen LogP contribution >= 0.6 is 0 Å². The van der Waals surface area contributed by atoms with Gasteiger partial charge in [-0.3, -0.25) is 4.79 Å². The van der Waals surface area contributed by atoms with Crippen LogP contribution in [0.25, 0.3) is 22.2 Å². The van der Waals surface area contributed by atoms with Crippen molar-refractivity contribution in [2.24, 2.45) is 7.05 Å². The number of carbonyl (C=O) groups is 3. The van der Waals surface area contributed by atoms with Gasteiger partial charge >= 0.3 is 11.9 Å². The lowest BCUT2D eigenvalue weighted by molar-refractivity contribution is -0.134. The second-order valence-corrected chi connectivity index (χ2v) is 7.57. The van der Waals surface area contributed by atoms with Crippen LogP contribution in [-0.2, 0) is 23.1 Å². The fourth-order valence-electron chi connectivity index (χ4n) is 3.75. The summed E-state index contributed by atoms with van der Waals surface area (Å²) in [6.07, 6.45) is 3.89. The van der Waals surface area contributed by atoms with E-state index in [0.29, 0.717) is 25.0 Å². The monoisotopic (exact) mass is 459 g/mol. The van der Waals surface area contributed by atoms with Gasteiger partial charge in [-0.15, -0.1) is 0 Å². The molecule has 0 spiro atoms. The van der Waals surface area contributed by atoms with E-state index in [1.807, 2.05) is 50.4 Å². The molecule has 0 saturated heterocycles. The minimum Gasteiger partial charge on any atom is -0.478 e. The normalized spacial score (nSPS) is 10.8. The summed E-state index contributed by atoms with van der Waals surface area (Å²) < 4.78 is 2.12. The summed E-state index contributed by atoms with van der Waals surface area (Å²) in [5.41, 5.74) is 5.91. The molecule has 4 rings (SSSR count). The van der Waals surface area contributed by atoms with E-state index in [1.165, 1.54) is 0 Å². The largest absolute Gasteiger partial charge is 0.478 e. The van der Waals surface area contributed by atoms with E-state index in [4.69, 9.17) is 10.2 Å². The first kappa shape index (κ1) is 24.2. The lowest BCUT2D eigenvalue weighted by Crippen LogP contribution is -2.04. The number of ketones is 1. The number of aromatic nitrogens is 3. The van der Waals surface area contributed by atoms with Crippen molar-refractivity contribution in [3.05, 3.63) is 90.0 Å². The Morgan fingerprint density at radius 2 is 1.59 bits per heavy atom. The number of nitrogens with one attached hydrogen (secondary N) is 1. The third-order valence-electron chi connectivity index (χ3n) is 5.32. The van der Waals surface area contributed by atoms with Crippen LogP contribution in [0.2, 0.25) is 0 Å². The fraction of sp³-hybridized carbons (Fsp3) is 0.154. The van der Waals surface area contributed by atoms with Gasteiger partial charge in [-0.1, -0.05) is 48.5 Å². The molecule has 8 nitrogen and oxygen atoms in total. The van der Waals surface area contributed by atoms with Crippen LogP contribution in [0, 0.1) is 6.92 Å². The summed E-state index contributed by atoms with van der Waals surface area (Å²) >= 11 is 0. The van der Waals surface area contributed by atoms with Gasteiger partial charge in [0.1, 0.15) is 0 Å². The van der Waals surface area contributed by atoms with E-state index in [9.17, 15) is 14.4 Å². The van der Waals surface area contributed by atoms with Gasteiger partial charge in [-0.2, -0.15) is 0 Å². The highest BCUT2D eigenvalue weighted by Gasteiger charge is 2.22. The van der Waals surface area contributed by atoms with E-state index < -0.39 is 11.9 Å². The van der Waals surface area contributed by atoms with Gasteiger partial charge in [0.15, 0.2) is 5.78 Å². The molecule has 2 aromatic heterocycles. The first-order chi connectivity index (χ1) is 16.3. The second kappa shape index (κ2) is 10.9. The number of carboxylic acids is 2. The summed E-state index contributed by atoms with van der Waals surface area (Å²) in [7, 11) is 2.03. The Balaban J connectivity index is 0.000000350. The summed E-state index contributed by atoms with van der Waals surface area (Å²) in [5.74, 6) is -2.36. The quantitative estimate of drug-likeness (QED) is 0.278. The number of hydrogen-bond acceptors (Lipinski definition) is 4. The zero-order valence-electron chi connectivity index (χ0n) is 18.9. The summed E-state index contributed by atoms with van der Waals surface area (Å²) in [6.45, 7) is 1.99. The van der Waals surface area contributed by atoms with E-state index >= 15 is 0 Å². The molecule has 0 aliphatic carbocycles. The maximum atomic E-state index is 13.2. The molecule has 2 aromatic carbocycles. The molecule has 0 radical (unpaired) electrons. The number of Topliss-reactive ketones (excluding diaryl/α,β-unsaturated/α-hetero) is 1. The molecule has 0 saturated carbocycles. The van der Waals surface area contributed by atoms with Crippen molar-refractivity contribution >= 4 is 28.6 Å². The Morgan fingerprint density at radius 3 is 2.18 bits per heavy atom. The lowest BCUT2D eigenvalue weighted by atomic mass is 9.98. The number of imidazole rings is 1. The van der Waals surface area contributed by atoms with Crippen molar-refractivity contribution in [3.8, 4) is 11.3 Å². The van der Waals surface area contributed by atoms with E-state index in [2.05, 4.69) is 32.7 Å². The van der Waals surface area contributed by atoms with Crippen molar-refractivity contribution in [3.63, 3.8) is 0 Å². The number of carboxylic acid groups (broad SMARTS) is 2. The lowest BCUT2D eigenvalue weighted by Gasteiger charge is -2.08. The number of aryl methyl sites for hydroxylation is 3. The number of para-hydroxylation sites is 1. The van der Waals surface area contributed by atoms with Gasteiger partial charge in [0.2, 0.25) is 0 Å². The molecule has 2 heterocycles. The molecular weight excluding hydrogens is 434 g/mol. The van der Waals surface area contributed by atoms with Gasteiger partial charge in [-0.05, 0) is 25.0 Å². The molecule has 0 aliphatic heterocycles. The Kier molecular flexibility index (Phi) is 7.76. The second-order valence-electron chi connectivity index (χ2n) is 7.57. The van der Waals surface area contributed by atoms with Crippen LogP contribution in [0.1, 0.15) is 28.2 Å². The van der Waals surface area contributed by atoms with Gasteiger partial charge in [0.25, 0.3) is 0 Å². The van der Waals surface area contributed by atoms with Gasteiger partial charge in [0, 0.05) is 42.2 Å². The van der Waals surface area contributed by atoms with Crippen LogP contribution in [-0.4, -0.2) is 42.5 Å². The molecule has 0 fully saturated rings. The van der Waals surface area contributed by atoms with Crippen molar-refractivity contribution < 1.29 is 24.6 Å². The van der Waals surface area contributed by atoms with E-state index in [0.717, 1.165) is 39.1 Å². The molecule has 174 valence electrons. The molecule has 0 atom stereocenters. The molecule has 8 heteroatoms. The Labute approximate surface area is 196 Å². The number of hydrogen-bond donors (Lipinski definition) is 3. The molecule has 0 amide bonds. The van der Waals surface area contributed by atoms with Crippen LogP contribution in [0.5, 0.6) is 0 Å². The number of benzene rings is 2. The molecule has 0 bridgehead atoms. The third kappa shape index (κ3) is 5.66. The molecule has 3 N–H and O–H groups in total.